The number of halogens is 3. The smallest absolute Gasteiger partial charge is 0.262 e. The minimum absolute atomic E-state index is 0.0942. The van der Waals surface area contributed by atoms with Crippen molar-refractivity contribution in [2.24, 2.45) is 0 Å². The monoisotopic (exact) mass is 299 g/mol. The molecule has 0 fully saturated rings. The van der Waals surface area contributed by atoms with Crippen molar-refractivity contribution in [1.82, 2.24) is 9.78 Å². The van der Waals surface area contributed by atoms with Crippen LogP contribution in [-0.4, -0.2) is 14.7 Å². The molecule has 0 bridgehead atoms. The highest BCUT2D eigenvalue weighted by molar-refractivity contribution is 5.42. The fourth-order valence-electron chi connectivity index (χ4n) is 2.04. The number of rotatable bonds is 4. The van der Waals surface area contributed by atoms with Gasteiger partial charge in [0, 0.05) is 6.54 Å². The summed E-state index contributed by atoms with van der Waals surface area (Å²) in [4.78, 5) is 9.79. The summed E-state index contributed by atoms with van der Waals surface area (Å²) in [5.74, 6) is 0. The Bertz CT molecular complexity index is 651. The molecular weight excluding hydrogens is 287 g/mol. The fourth-order valence-corrected chi connectivity index (χ4v) is 2.04. The molecule has 0 amide bonds. The maximum Gasteiger partial charge on any atom is 0.442 e. The van der Waals surface area contributed by atoms with Gasteiger partial charge in [0.05, 0.1) is 4.92 Å². The van der Waals surface area contributed by atoms with Crippen molar-refractivity contribution in [1.29, 1.82) is 0 Å². The highest BCUT2D eigenvalue weighted by Crippen LogP contribution is 2.36. The Labute approximate surface area is 118 Å². The molecular formula is C13H12F3N3O2. The molecule has 0 saturated heterocycles. The van der Waals surface area contributed by atoms with Crippen molar-refractivity contribution in [2.45, 2.75) is 26.1 Å². The van der Waals surface area contributed by atoms with Crippen LogP contribution in [0.2, 0.25) is 0 Å². The standard InChI is InChI=1S/C13H12F3N3O2/c1-9-11(19(20)21)12(13(14,15)16)17-18(9)8-7-10-5-3-2-4-6-10/h2-6H,7-8H2,1H3. The van der Waals surface area contributed by atoms with Crippen molar-refractivity contribution < 1.29 is 18.1 Å². The maximum atomic E-state index is 12.8. The average Bonchev–Trinajstić information content (AvgIpc) is 2.75. The van der Waals surface area contributed by atoms with Gasteiger partial charge in [-0.15, -0.1) is 0 Å². The minimum atomic E-state index is -4.84. The van der Waals surface area contributed by atoms with Gasteiger partial charge >= 0.3 is 11.9 Å². The number of nitro groups is 1. The summed E-state index contributed by atoms with van der Waals surface area (Å²) < 4.78 is 39.4. The molecule has 1 aromatic carbocycles. The summed E-state index contributed by atoms with van der Waals surface area (Å²) in [6, 6.07) is 9.12. The van der Waals surface area contributed by atoms with Crippen molar-refractivity contribution in [3.63, 3.8) is 0 Å². The lowest BCUT2D eigenvalue weighted by atomic mass is 10.1. The van der Waals surface area contributed by atoms with Crippen LogP contribution in [0.15, 0.2) is 30.3 Å². The molecule has 0 unspecified atom stereocenters. The van der Waals surface area contributed by atoms with E-state index in [0.29, 0.717) is 6.42 Å². The molecule has 112 valence electrons. The summed E-state index contributed by atoms with van der Waals surface area (Å²) in [6.45, 7) is 1.41. The van der Waals surface area contributed by atoms with Crippen LogP contribution >= 0.6 is 0 Å². The van der Waals surface area contributed by atoms with E-state index in [9.17, 15) is 23.3 Å². The lowest BCUT2D eigenvalue weighted by Gasteiger charge is -2.04. The molecule has 1 heterocycles. The van der Waals surface area contributed by atoms with E-state index in [4.69, 9.17) is 0 Å². The molecule has 0 aliphatic rings. The molecule has 0 N–H and O–H groups in total. The number of nitrogens with zero attached hydrogens (tertiary/aromatic N) is 3. The molecule has 0 saturated carbocycles. The van der Waals surface area contributed by atoms with Crippen LogP contribution in [0.3, 0.4) is 0 Å². The maximum absolute atomic E-state index is 12.8. The molecule has 1 aromatic heterocycles. The van der Waals surface area contributed by atoms with Crippen LogP contribution in [0.1, 0.15) is 17.0 Å². The van der Waals surface area contributed by atoms with Gasteiger partial charge in [-0.2, -0.15) is 18.3 Å². The van der Waals surface area contributed by atoms with E-state index in [0.717, 1.165) is 10.2 Å². The SMILES string of the molecule is Cc1c([N+](=O)[O-])c(C(F)(F)F)nn1CCc1ccccc1. The number of alkyl halides is 3. The first-order valence-electron chi connectivity index (χ1n) is 6.13. The number of hydrogen-bond donors (Lipinski definition) is 0. The van der Waals surface area contributed by atoms with Gasteiger partial charge in [0.15, 0.2) is 0 Å². The highest BCUT2D eigenvalue weighted by Gasteiger charge is 2.44. The Morgan fingerprint density at radius 1 is 1.29 bits per heavy atom. The number of benzene rings is 1. The molecule has 0 aliphatic heterocycles. The van der Waals surface area contributed by atoms with Gasteiger partial charge in [-0.1, -0.05) is 30.3 Å². The predicted molar refractivity (Wildman–Crippen MR) is 68.8 cm³/mol. The summed E-state index contributed by atoms with van der Waals surface area (Å²) >= 11 is 0. The van der Waals surface area contributed by atoms with Gasteiger partial charge < -0.3 is 0 Å². The van der Waals surface area contributed by atoms with E-state index in [1.807, 2.05) is 30.3 Å². The second-order valence-corrected chi connectivity index (χ2v) is 4.50. The van der Waals surface area contributed by atoms with E-state index in [-0.39, 0.29) is 12.2 Å². The quantitative estimate of drug-likeness (QED) is 0.642. The zero-order chi connectivity index (χ0) is 15.6. The van der Waals surface area contributed by atoms with Crippen LogP contribution in [0.25, 0.3) is 0 Å². The van der Waals surface area contributed by atoms with Crippen molar-refractivity contribution >= 4 is 5.69 Å². The third-order valence-electron chi connectivity index (χ3n) is 3.08. The lowest BCUT2D eigenvalue weighted by molar-refractivity contribution is -0.388. The highest BCUT2D eigenvalue weighted by atomic mass is 19.4. The Morgan fingerprint density at radius 3 is 2.38 bits per heavy atom. The van der Waals surface area contributed by atoms with Gasteiger partial charge in [-0.05, 0) is 18.9 Å². The van der Waals surface area contributed by atoms with Crippen LogP contribution in [0, 0.1) is 17.0 Å². The van der Waals surface area contributed by atoms with E-state index in [1.54, 1.807) is 0 Å². The summed E-state index contributed by atoms with van der Waals surface area (Å²) in [6.07, 6.45) is -4.40. The Hall–Kier alpha value is -2.38. The summed E-state index contributed by atoms with van der Waals surface area (Å²) in [5.41, 5.74) is -1.60. The molecule has 0 atom stereocenters. The first kappa shape index (κ1) is 15.0. The van der Waals surface area contributed by atoms with Crippen molar-refractivity contribution in [3.05, 3.63) is 57.4 Å². The van der Waals surface area contributed by atoms with Crippen LogP contribution in [-0.2, 0) is 19.1 Å². The second-order valence-electron chi connectivity index (χ2n) is 4.50. The van der Waals surface area contributed by atoms with E-state index in [1.165, 1.54) is 6.92 Å². The zero-order valence-electron chi connectivity index (χ0n) is 11.1. The predicted octanol–water partition coefficient (Wildman–Crippen LogP) is 3.36. The Kier molecular flexibility index (Phi) is 3.97. The van der Waals surface area contributed by atoms with Gasteiger partial charge in [-0.25, -0.2) is 0 Å². The normalized spacial score (nSPS) is 11.6. The number of aryl methyl sites for hydroxylation is 2. The number of hydrogen-bond acceptors (Lipinski definition) is 3. The molecule has 8 heteroatoms. The van der Waals surface area contributed by atoms with Gasteiger partial charge in [0.25, 0.3) is 0 Å². The van der Waals surface area contributed by atoms with E-state index < -0.39 is 22.5 Å². The number of aromatic nitrogens is 2. The first-order valence-corrected chi connectivity index (χ1v) is 6.13. The molecule has 2 aromatic rings. The lowest BCUT2D eigenvalue weighted by Crippen LogP contribution is -2.10. The molecule has 2 rings (SSSR count). The van der Waals surface area contributed by atoms with Gasteiger partial charge in [-0.3, -0.25) is 14.8 Å². The Morgan fingerprint density at radius 2 is 1.90 bits per heavy atom. The molecule has 0 radical (unpaired) electrons. The molecule has 0 aliphatic carbocycles. The van der Waals surface area contributed by atoms with E-state index >= 15 is 0 Å². The van der Waals surface area contributed by atoms with Gasteiger partial charge in [0.1, 0.15) is 5.69 Å². The topological polar surface area (TPSA) is 61.0 Å². The summed E-state index contributed by atoms with van der Waals surface area (Å²) in [7, 11) is 0. The third-order valence-corrected chi connectivity index (χ3v) is 3.08. The largest absolute Gasteiger partial charge is 0.442 e. The van der Waals surface area contributed by atoms with Crippen molar-refractivity contribution in [2.75, 3.05) is 0 Å². The first-order chi connectivity index (χ1) is 9.80. The Balaban J connectivity index is 2.31. The third kappa shape index (κ3) is 3.21. The fraction of sp³-hybridized carbons (Fsp3) is 0.308. The summed E-state index contributed by atoms with van der Waals surface area (Å²) in [5, 5.41) is 14.2. The average molecular weight is 299 g/mol. The van der Waals surface area contributed by atoms with Crippen LogP contribution in [0.5, 0.6) is 0 Å². The second kappa shape index (κ2) is 5.55. The van der Waals surface area contributed by atoms with Crippen LogP contribution in [0.4, 0.5) is 18.9 Å². The molecule has 21 heavy (non-hydrogen) atoms. The minimum Gasteiger partial charge on any atom is -0.262 e. The van der Waals surface area contributed by atoms with Crippen LogP contribution < -0.4 is 0 Å². The van der Waals surface area contributed by atoms with Gasteiger partial charge in [0.2, 0.25) is 5.69 Å². The zero-order valence-corrected chi connectivity index (χ0v) is 11.1. The van der Waals surface area contributed by atoms with Crippen molar-refractivity contribution in [3.8, 4) is 0 Å². The van der Waals surface area contributed by atoms with E-state index in [2.05, 4.69) is 5.10 Å². The molecule has 0 spiro atoms. The molecule has 5 nitrogen and oxygen atoms in total.